The maximum atomic E-state index is 11.9. The molecule has 19 heavy (non-hydrogen) atoms. The van der Waals surface area contributed by atoms with Crippen molar-refractivity contribution in [1.29, 1.82) is 0 Å². The van der Waals surface area contributed by atoms with E-state index in [0.717, 1.165) is 5.56 Å². The number of carbonyl (C=O) groups is 2. The van der Waals surface area contributed by atoms with Crippen molar-refractivity contribution >= 4 is 17.6 Å². The van der Waals surface area contributed by atoms with Gasteiger partial charge in [0.1, 0.15) is 5.92 Å². The highest BCUT2D eigenvalue weighted by Crippen LogP contribution is 2.09. The smallest absolute Gasteiger partial charge is 0.236 e. The fourth-order valence-electron chi connectivity index (χ4n) is 1.55. The van der Waals surface area contributed by atoms with Crippen molar-refractivity contribution in [3.63, 3.8) is 0 Å². The van der Waals surface area contributed by atoms with Crippen molar-refractivity contribution in [2.45, 2.75) is 6.42 Å². The number of hydrogen-bond donors (Lipinski definition) is 4. The van der Waals surface area contributed by atoms with Crippen LogP contribution in [0.1, 0.15) is 5.56 Å². The third kappa shape index (κ3) is 4.66. The molecule has 6 N–H and O–H groups in total. The van der Waals surface area contributed by atoms with Crippen LogP contribution in [0.25, 0.3) is 0 Å². The number of primary amides is 1. The van der Waals surface area contributed by atoms with Crippen LogP contribution in [0.3, 0.4) is 0 Å². The van der Waals surface area contributed by atoms with Gasteiger partial charge in [0, 0.05) is 0 Å². The molecule has 1 atom stereocenters. The number of carbonyl (C=O) groups excluding carboxylic acids is 2. The first-order valence-corrected chi connectivity index (χ1v) is 5.62. The lowest BCUT2D eigenvalue weighted by molar-refractivity contribution is -0.126. The van der Waals surface area contributed by atoms with E-state index < -0.39 is 17.7 Å². The number of amides is 2. The zero-order chi connectivity index (χ0) is 14.3. The minimum Gasteiger partial charge on any atom is -0.409 e. The lowest BCUT2D eigenvalue weighted by atomic mass is 9.97. The van der Waals surface area contributed by atoms with Crippen molar-refractivity contribution in [2.24, 2.45) is 22.5 Å². The second-order valence-electron chi connectivity index (χ2n) is 3.95. The van der Waals surface area contributed by atoms with E-state index >= 15 is 0 Å². The predicted molar refractivity (Wildman–Crippen MR) is 69.2 cm³/mol. The molecule has 1 aromatic carbocycles. The molecular formula is C12H16N4O3. The summed E-state index contributed by atoms with van der Waals surface area (Å²) in [5.74, 6) is -2.25. The molecule has 0 radical (unpaired) electrons. The molecule has 0 saturated heterocycles. The number of benzene rings is 1. The van der Waals surface area contributed by atoms with Crippen molar-refractivity contribution < 1.29 is 14.8 Å². The summed E-state index contributed by atoms with van der Waals surface area (Å²) in [4.78, 5) is 22.5. The number of amidine groups is 1. The molecule has 1 aromatic rings. The quantitative estimate of drug-likeness (QED) is 0.232. The molecule has 0 aliphatic carbocycles. The first-order valence-electron chi connectivity index (χ1n) is 5.62. The van der Waals surface area contributed by atoms with Gasteiger partial charge < -0.3 is 22.0 Å². The Morgan fingerprint density at radius 2 is 1.89 bits per heavy atom. The fourth-order valence-corrected chi connectivity index (χ4v) is 1.55. The van der Waals surface area contributed by atoms with E-state index in [2.05, 4.69) is 10.5 Å². The van der Waals surface area contributed by atoms with Gasteiger partial charge in [0.15, 0.2) is 5.84 Å². The zero-order valence-electron chi connectivity index (χ0n) is 10.2. The van der Waals surface area contributed by atoms with Crippen LogP contribution < -0.4 is 16.8 Å². The van der Waals surface area contributed by atoms with Gasteiger partial charge in [-0.15, -0.1) is 0 Å². The molecule has 102 valence electrons. The van der Waals surface area contributed by atoms with Crippen LogP contribution in [-0.4, -0.2) is 29.4 Å². The van der Waals surface area contributed by atoms with E-state index in [-0.39, 0.29) is 18.8 Å². The van der Waals surface area contributed by atoms with E-state index in [1.54, 1.807) is 0 Å². The van der Waals surface area contributed by atoms with Crippen molar-refractivity contribution in [2.75, 3.05) is 6.54 Å². The highest BCUT2D eigenvalue weighted by atomic mass is 16.4. The Bertz CT molecular complexity index is 473. The largest absolute Gasteiger partial charge is 0.409 e. The van der Waals surface area contributed by atoms with Crippen molar-refractivity contribution in [3.05, 3.63) is 35.9 Å². The monoisotopic (exact) mass is 264 g/mol. The van der Waals surface area contributed by atoms with Gasteiger partial charge in [-0.2, -0.15) is 0 Å². The third-order valence-electron chi connectivity index (χ3n) is 2.51. The van der Waals surface area contributed by atoms with Crippen LogP contribution in [0.15, 0.2) is 35.5 Å². The molecule has 0 aromatic heterocycles. The molecule has 7 heteroatoms. The Kier molecular flexibility index (Phi) is 5.34. The SMILES string of the molecule is NC(=O)CNC(=O)C(Cc1ccccc1)C(N)=NO. The summed E-state index contributed by atoms with van der Waals surface area (Å²) in [6, 6.07) is 9.12. The zero-order valence-corrected chi connectivity index (χ0v) is 10.2. The first kappa shape index (κ1) is 14.5. The normalized spacial score (nSPS) is 12.7. The Hall–Kier alpha value is -2.57. The number of nitrogens with one attached hydrogen (secondary N) is 1. The molecule has 1 rings (SSSR count). The lowest BCUT2D eigenvalue weighted by Crippen LogP contribution is -2.43. The van der Waals surface area contributed by atoms with Crippen molar-refractivity contribution in [1.82, 2.24) is 5.32 Å². The van der Waals surface area contributed by atoms with Crippen LogP contribution in [0.2, 0.25) is 0 Å². The summed E-state index contributed by atoms with van der Waals surface area (Å²) in [6.07, 6.45) is 0.265. The van der Waals surface area contributed by atoms with E-state index in [0.29, 0.717) is 0 Å². The molecule has 0 aliphatic rings. The molecule has 0 heterocycles. The highest BCUT2D eigenvalue weighted by molar-refractivity contribution is 6.03. The molecule has 0 spiro atoms. The first-order chi connectivity index (χ1) is 9.04. The van der Waals surface area contributed by atoms with Gasteiger partial charge in [-0.1, -0.05) is 35.5 Å². The van der Waals surface area contributed by atoms with E-state index in [1.807, 2.05) is 30.3 Å². The highest BCUT2D eigenvalue weighted by Gasteiger charge is 2.23. The molecular weight excluding hydrogens is 248 g/mol. The second kappa shape index (κ2) is 7.00. The minimum atomic E-state index is -0.855. The van der Waals surface area contributed by atoms with Gasteiger partial charge in [0.05, 0.1) is 6.54 Å². The Balaban J connectivity index is 2.78. The van der Waals surface area contributed by atoms with Crippen LogP contribution in [0.4, 0.5) is 0 Å². The Labute approximate surface area is 110 Å². The number of nitrogens with zero attached hydrogens (tertiary/aromatic N) is 1. The molecule has 0 fully saturated rings. The molecule has 7 nitrogen and oxygen atoms in total. The average Bonchev–Trinajstić information content (AvgIpc) is 2.42. The van der Waals surface area contributed by atoms with E-state index in [1.165, 1.54) is 0 Å². The summed E-state index contributed by atoms with van der Waals surface area (Å²) in [6.45, 7) is -0.289. The lowest BCUT2D eigenvalue weighted by Gasteiger charge is -2.14. The van der Waals surface area contributed by atoms with Crippen LogP contribution in [0.5, 0.6) is 0 Å². The van der Waals surface area contributed by atoms with Gasteiger partial charge in [-0.25, -0.2) is 0 Å². The van der Waals surface area contributed by atoms with Gasteiger partial charge in [-0.3, -0.25) is 9.59 Å². The van der Waals surface area contributed by atoms with Gasteiger partial charge in [0.2, 0.25) is 11.8 Å². The van der Waals surface area contributed by atoms with Crippen LogP contribution in [-0.2, 0) is 16.0 Å². The summed E-state index contributed by atoms with van der Waals surface area (Å²) in [5, 5.41) is 13.9. The topological polar surface area (TPSA) is 131 Å². The summed E-state index contributed by atoms with van der Waals surface area (Å²) < 4.78 is 0. The third-order valence-corrected chi connectivity index (χ3v) is 2.51. The Morgan fingerprint density at radius 3 is 2.42 bits per heavy atom. The van der Waals surface area contributed by atoms with E-state index in [9.17, 15) is 9.59 Å². The molecule has 0 saturated carbocycles. The van der Waals surface area contributed by atoms with Crippen molar-refractivity contribution in [3.8, 4) is 0 Å². The number of rotatable bonds is 6. The van der Waals surface area contributed by atoms with Crippen LogP contribution in [0, 0.1) is 5.92 Å². The summed E-state index contributed by atoms with van der Waals surface area (Å²) >= 11 is 0. The minimum absolute atomic E-state index is 0.217. The van der Waals surface area contributed by atoms with Gasteiger partial charge in [-0.05, 0) is 12.0 Å². The number of oxime groups is 1. The molecule has 0 bridgehead atoms. The maximum absolute atomic E-state index is 11.9. The molecule has 1 unspecified atom stereocenters. The van der Waals surface area contributed by atoms with Gasteiger partial charge in [0.25, 0.3) is 0 Å². The van der Waals surface area contributed by atoms with Gasteiger partial charge >= 0.3 is 0 Å². The molecule has 0 aliphatic heterocycles. The number of nitrogens with two attached hydrogens (primary N) is 2. The standard InChI is InChI=1S/C12H16N4O3/c13-10(17)7-15-12(18)9(11(14)16-19)6-8-4-2-1-3-5-8/h1-5,9,19H,6-7H2,(H2,13,17)(H2,14,16)(H,15,18). The maximum Gasteiger partial charge on any atom is 0.236 e. The van der Waals surface area contributed by atoms with E-state index in [4.69, 9.17) is 16.7 Å². The predicted octanol–water partition coefficient (Wildman–Crippen LogP) is -0.807. The molecule has 2 amide bonds. The number of hydrogen-bond acceptors (Lipinski definition) is 4. The summed E-state index contributed by atoms with van der Waals surface area (Å²) in [5.41, 5.74) is 11.3. The Morgan fingerprint density at radius 1 is 1.26 bits per heavy atom. The fraction of sp³-hybridized carbons (Fsp3) is 0.250. The summed E-state index contributed by atoms with van der Waals surface area (Å²) in [7, 11) is 0. The average molecular weight is 264 g/mol. The second-order valence-corrected chi connectivity index (χ2v) is 3.95. The van der Waals surface area contributed by atoms with Crippen LogP contribution >= 0.6 is 0 Å².